The van der Waals surface area contributed by atoms with E-state index in [0.29, 0.717) is 19.0 Å². The average molecular weight is 501 g/mol. The Bertz CT molecular complexity index is 1200. The van der Waals surface area contributed by atoms with Gasteiger partial charge in [0.1, 0.15) is 5.92 Å². The minimum atomic E-state index is -3.66. The topological polar surface area (TPSA) is 96.3 Å². The van der Waals surface area contributed by atoms with Crippen LogP contribution in [0.4, 0.5) is 0 Å². The Morgan fingerprint density at radius 1 is 1.00 bits per heavy atom. The van der Waals surface area contributed by atoms with E-state index in [9.17, 15) is 22.8 Å². The first-order valence-corrected chi connectivity index (χ1v) is 13.1. The molecule has 2 aromatic carbocycles. The second-order valence-corrected chi connectivity index (χ2v) is 11.9. The van der Waals surface area contributed by atoms with E-state index in [1.807, 2.05) is 38.4 Å². The molecule has 35 heavy (non-hydrogen) atoms. The summed E-state index contributed by atoms with van der Waals surface area (Å²) >= 11 is 0. The fraction of sp³-hybridized carbons (Fsp3) is 0.423. The fourth-order valence-corrected chi connectivity index (χ4v) is 5.11. The van der Waals surface area contributed by atoms with Crippen LogP contribution < -0.4 is 4.90 Å². The molecule has 1 saturated heterocycles. The number of carbonyl (C=O) groups is 3. The van der Waals surface area contributed by atoms with Gasteiger partial charge in [0.2, 0.25) is 15.8 Å². The van der Waals surface area contributed by atoms with Crippen molar-refractivity contribution in [1.82, 2.24) is 9.21 Å². The van der Waals surface area contributed by atoms with Gasteiger partial charge in [-0.3, -0.25) is 14.4 Å². The average Bonchev–Trinajstić information content (AvgIpc) is 3.07. The Hall–Kier alpha value is -2.88. The maximum Gasteiger partial charge on any atom is 0.291 e. The van der Waals surface area contributed by atoms with Gasteiger partial charge in [0.15, 0.2) is 5.78 Å². The molecular weight excluding hydrogens is 466 g/mol. The van der Waals surface area contributed by atoms with Gasteiger partial charge < -0.3 is 9.80 Å². The number of sulfonamides is 1. The van der Waals surface area contributed by atoms with E-state index >= 15 is 0 Å². The first-order chi connectivity index (χ1) is 16.4. The molecule has 1 fully saturated rings. The summed E-state index contributed by atoms with van der Waals surface area (Å²) in [5, 5.41) is 0. The molecule has 8 nitrogen and oxygen atoms in total. The Morgan fingerprint density at radius 2 is 1.57 bits per heavy atom. The SMILES string of the molecule is CC(C)c1ccc(C2C(C(=O)c3ccc(S(=O)(=O)N(C)C)cc3)C(=O)C(=O)N2CC[NH+](C)C)cc1. The van der Waals surface area contributed by atoms with Crippen molar-refractivity contribution in [2.24, 2.45) is 5.92 Å². The lowest BCUT2D eigenvalue weighted by molar-refractivity contribution is -0.857. The standard InChI is InChI=1S/C26H33N3O5S/c1-17(2)18-7-9-19(10-8-18)23-22(25(31)26(32)29(23)16-15-27(3)4)24(30)20-11-13-21(14-12-20)35(33,34)28(5)6/h7-14,17,22-23H,15-16H2,1-6H3/p+1. The number of rotatable bonds is 9. The third-order valence-corrected chi connectivity index (χ3v) is 8.23. The molecule has 1 amide bonds. The molecule has 1 heterocycles. The zero-order chi connectivity index (χ0) is 26.1. The third kappa shape index (κ3) is 5.37. The highest BCUT2D eigenvalue weighted by atomic mass is 32.2. The number of likely N-dealkylation sites (tertiary alicyclic amines) is 1. The van der Waals surface area contributed by atoms with E-state index in [1.54, 1.807) is 0 Å². The molecular formula is C26H34N3O5S+. The van der Waals surface area contributed by atoms with Crippen molar-refractivity contribution in [1.29, 1.82) is 0 Å². The van der Waals surface area contributed by atoms with Crippen LogP contribution in [0.25, 0.3) is 0 Å². The molecule has 2 unspecified atom stereocenters. The zero-order valence-corrected chi connectivity index (χ0v) is 21.9. The normalized spacial score (nSPS) is 18.8. The van der Waals surface area contributed by atoms with E-state index in [4.69, 9.17) is 0 Å². The molecule has 3 rings (SSSR count). The number of hydrogen-bond donors (Lipinski definition) is 1. The molecule has 0 spiro atoms. The smallest absolute Gasteiger partial charge is 0.291 e. The second kappa shape index (κ2) is 10.4. The van der Waals surface area contributed by atoms with Crippen LogP contribution in [-0.4, -0.2) is 76.4 Å². The lowest BCUT2D eigenvalue weighted by atomic mass is 9.85. The van der Waals surface area contributed by atoms with Crippen LogP contribution in [0, 0.1) is 5.92 Å². The van der Waals surface area contributed by atoms with Crippen molar-refractivity contribution >= 4 is 27.5 Å². The van der Waals surface area contributed by atoms with Gasteiger partial charge in [0.25, 0.3) is 5.91 Å². The number of likely N-dealkylation sites (N-methyl/N-ethyl adjacent to an activating group) is 1. The van der Waals surface area contributed by atoms with Crippen molar-refractivity contribution in [3.63, 3.8) is 0 Å². The Kier molecular flexibility index (Phi) is 7.93. The number of nitrogens with zero attached hydrogens (tertiary/aromatic N) is 2. The minimum Gasteiger partial charge on any atom is -0.338 e. The van der Waals surface area contributed by atoms with Crippen LogP contribution in [0.3, 0.4) is 0 Å². The number of carbonyl (C=O) groups excluding carboxylic acids is 3. The summed E-state index contributed by atoms with van der Waals surface area (Å²) in [6, 6.07) is 12.5. The summed E-state index contributed by atoms with van der Waals surface area (Å²) in [5.74, 6) is -2.75. The summed E-state index contributed by atoms with van der Waals surface area (Å²) in [7, 11) is 3.12. The van der Waals surface area contributed by atoms with Crippen LogP contribution in [0.2, 0.25) is 0 Å². The third-order valence-electron chi connectivity index (χ3n) is 6.40. The molecule has 1 N–H and O–H groups in total. The van der Waals surface area contributed by atoms with Gasteiger partial charge in [-0.2, -0.15) is 0 Å². The first kappa shape index (κ1) is 26.7. The highest BCUT2D eigenvalue weighted by Crippen LogP contribution is 2.38. The van der Waals surface area contributed by atoms with Crippen LogP contribution in [0.5, 0.6) is 0 Å². The van der Waals surface area contributed by atoms with Crippen LogP contribution in [-0.2, 0) is 19.6 Å². The van der Waals surface area contributed by atoms with E-state index in [0.717, 1.165) is 20.3 Å². The number of amides is 1. The molecule has 188 valence electrons. The summed E-state index contributed by atoms with van der Waals surface area (Å²) in [6.07, 6.45) is 0. The van der Waals surface area contributed by atoms with Gasteiger partial charge in [-0.1, -0.05) is 50.2 Å². The van der Waals surface area contributed by atoms with E-state index in [1.165, 1.54) is 43.3 Å². The van der Waals surface area contributed by atoms with Crippen molar-refractivity contribution < 1.29 is 27.7 Å². The van der Waals surface area contributed by atoms with Gasteiger partial charge in [0, 0.05) is 19.7 Å². The molecule has 2 atom stereocenters. The fourth-order valence-electron chi connectivity index (χ4n) is 4.20. The molecule has 2 aromatic rings. The summed E-state index contributed by atoms with van der Waals surface area (Å²) in [5.41, 5.74) is 2.04. The monoisotopic (exact) mass is 500 g/mol. The summed E-state index contributed by atoms with van der Waals surface area (Å²) in [6.45, 7) is 5.12. The molecule has 0 aromatic heterocycles. The van der Waals surface area contributed by atoms with E-state index in [-0.39, 0.29) is 10.5 Å². The van der Waals surface area contributed by atoms with Crippen LogP contribution in [0.1, 0.15) is 47.3 Å². The Morgan fingerprint density at radius 3 is 2.06 bits per heavy atom. The van der Waals surface area contributed by atoms with Gasteiger partial charge in [-0.25, -0.2) is 12.7 Å². The minimum absolute atomic E-state index is 0.0456. The number of quaternary nitrogens is 1. The predicted octanol–water partition coefficient (Wildman–Crippen LogP) is 1.16. The number of hydrogen-bond acceptors (Lipinski definition) is 5. The maximum atomic E-state index is 13.6. The highest BCUT2D eigenvalue weighted by Gasteiger charge is 2.51. The first-order valence-electron chi connectivity index (χ1n) is 11.7. The largest absolute Gasteiger partial charge is 0.338 e. The van der Waals surface area contributed by atoms with Crippen molar-refractivity contribution in [2.75, 3.05) is 41.3 Å². The van der Waals surface area contributed by atoms with Gasteiger partial charge >= 0.3 is 0 Å². The summed E-state index contributed by atoms with van der Waals surface area (Å²) in [4.78, 5) is 42.4. The maximum absolute atomic E-state index is 13.6. The number of ketones is 2. The van der Waals surface area contributed by atoms with E-state index < -0.39 is 39.5 Å². The second-order valence-electron chi connectivity index (χ2n) is 9.74. The molecule has 0 bridgehead atoms. The molecule has 1 aliphatic rings. The number of benzene rings is 2. The predicted molar refractivity (Wildman–Crippen MR) is 133 cm³/mol. The lowest BCUT2D eigenvalue weighted by Gasteiger charge is -2.27. The summed E-state index contributed by atoms with van der Waals surface area (Å²) < 4.78 is 25.8. The Balaban J connectivity index is 2.02. The van der Waals surface area contributed by atoms with Gasteiger partial charge in [-0.15, -0.1) is 0 Å². The van der Waals surface area contributed by atoms with Gasteiger partial charge in [0.05, 0.1) is 38.1 Å². The van der Waals surface area contributed by atoms with Gasteiger partial charge in [-0.05, 0) is 29.2 Å². The van der Waals surface area contributed by atoms with Crippen molar-refractivity contribution in [3.8, 4) is 0 Å². The van der Waals surface area contributed by atoms with Crippen LogP contribution in [0.15, 0.2) is 53.4 Å². The molecule has 0 aliphatic carbocycles. The zero-order valence-electron chi connectivity index (χ0n) is 21.1. The lowest BCUT2D eigenvalue weighted by Crippen LogP contribution is -3.06. The highest BCUT2D eigenvalue weighted by molar-refractivity contribution is 7.89. The quantitative estimate of drug-likeness (QED) is 0.317. The molecule has 9 heteroatoms. The van der Waals surface area contributed by atoms with E-state index in [2.05, 4.69) is 13.8 Å². The van der Waals surface area contributed by atoms with Crippen molar-refractivity contribution in [2.45, 2.75) is 30.7 Å². The van der Waals surface area contributed by atoms with Crippen LogP contribution >= 0.6 is 0 Å². The molecule has 0 radical (unpaired) electrons. The molecule has 0 saturated carbocycles. The number of Topliss-reactive ketones (excluding diaryl/α,β-unsaturated/α-hetero) is 2. The number of nitrogens with one attached hydrogen (secondary N) is 1. The Labute approximate surface area is 207 Å². The van der Waals surface area contributed by atoms with Crippen molar-refractivity contribution in [3.05, 3.63) is 65.2 Å². The molecule has 1 aliphatic heterocycles.